The highest BCUT2D eigenvalue weighted by Gasteiger charge is 2.16. The third-order valence-corrected chi connectivity index (χ3v) is 3.53. The molecule has 4 heteroatoms. The highest BCUT2D eigenvalue weighted by atomic mass is 32.2. The minimum Gasteiger partial charge on any atom is -0.277 e. The Morgan fingerprint density at radius 2 is 1.79 bits per heavy atom. The summed E-state index contributed by atoms with van der Waals surface area (Å²) < 4.78 is 24.8. The molecule has 1 aromatic rings. The van der Waals surface area contributed by atoms with Gasteiger partial charge in [-0.25, -0.2) is 8.42 Å². The van der Waals surface area contributed by atoms with E-state index in [0.29, 0.717) is 4.90 Å². The number of nitrogens with zero attached hydrogens (tertiary/aromatic N) is 1. The van der Waals surface area contributed by atoms with E-state index >= 15 is 0 Å². The van der Waals surface area contributed by atoms with Crippen LogP contribution < -0.4 is 0 Å². The second-order valence-electron chi connectivity index (χ2n) is 2.82. The van der Waals surface area contributed by atoms with Gasteiger partial charge in [0.25, 0.3) is 10.0 Å². The lowest BCUT2D eigenvalue weighted by molar-refractivity contribution is 0.539. The molecule has 0 aliphatic heterocycles. The fourth-order valence-electron chi connectivity index (χ4n) is 1.05. The third-order valence-electron chi connectivity index (χ3n) is 1.78. The number of allylic oxidation sites excluding steroid dienone is 1. The summed E-state index contributed by atoms with van der Waals surface area (Å²) in [6.07, 6.45) is 3.20. The van der Waals surface area contributed by atoms with Crippen molar-refractivity contribution in [3.05, 3.63) is 42.6 Å². The van der Waals surface area contributed by atoms with Crippen molar-refractivity contribution in [2.45, 2.75) is 11.8 Å². The van der Waals surface area contributed by atoms with E-state index in [1.807, 2.05) is 0 Å². The molecule has 0 bridgehead atoms. The van der Waals surface area contributed by atoms with Gasteiger partial charge < -0.3 is 0 Å². The molecule has 0 aromatic heterocycles. The van der Waals surface area contributed by atoms with Crippen molar-refractivity contribution in [3.8, 4) is 0 Å². The quantitative estimate of drug-likeness (QED) is 0.765. The Balaban J connectivity index is 3.09. The molecule has 76 valence electrons. The zero-order chi connectivity index (χ0) is 10.6. The third kappa shape index (κ3) is 2.14. The first-order valence-corrected chi connectivity index (χ1v) is 5.69. The summed E-state index contributed by atoms with van der Waals surface area (Å²) in [5, 5.41) is 0. The molecule has 0 heterocycles. The highest BCUT2D eigenvalue weighted by Crippen LogP contribution is 2.13. The Bertz CT molecular complexity index is 409. The molecule has 0 saturated heterocycles. The number of hydrogen-bond donors (Lipinski definition) is 0. The van der Waals surface area contributed by atoms with Crippen LogP contribution in [0, 0.1) is 0 Å². The van der Waals surface area contributed by atoms with Crippen LogP contribution in [0.5, 0.6) is 0 Å². The zero-order valence-electron chi connectivity index (χ0n) is 8.21. The molecule has 0 atom stereocenters. The average Bonchev–Trinajstić information content (AvgIpc) is 2.19. The first-order chi connectivity index (χ1) is 6.59. The standard InChI is InChI=1S/C10H13NO2S/c1-3-9-11(2)14(12,13)10-7-5-4-6-8-10/h3-9H,1-2H3. The lowest BCUT2D eigenvalue weighted by atomic mass is 10.4. The first kappa shape index (κ1) is 10.8. The monoisotopic (exact) mass is 211 g/mol. The van der Waals surface area contributed by atoms with E-state index in [9.17, 15) is 8.42 Å². The number of rotatable bonds is 3. The van der Waals surface area contributed by atoms with E-state index in [1.54, 1.807) is 43.3 Å². The van der Waals surface area contributed by atoms with Crippen LogP contribution in [0.25, 0.3) is 0 Å². The second kappa shape index (κ2) is 4.28. The summed E-state index contributed by atoms with van der Waals surface area (Å²) >= 11 is 0. The van der Waals surface area contributed by atoms with E-state index in [1.165, 1.54) is 17.6 Å². The molecule has 1 rings (SSSR count). The van der Waals surface area contributed by atoms with Gasteiger partial charge in [-0.1, -0.05) is 24.3 Å². The van der Waals surface area contributed by atoms with Crippen molar-refractivity contribution >= 4 is 10.0 Å². The van der Waals surface area contributed by atoms with E-state index < -0.39 is 10.0 Å². The molecule has 0 spiro atoms. The van der Waals surface area contributed by atoms with Crippen molar-refractivity contribution < 1.29 is 8.42 Å². The summed E-state index contributed by atoms with van der Waals surface area (Å²) in [7, 11) is -1.84. The fourth-order valence-corrected chi connectivity index (χ4v) is 2.16. The number of benzene rings is 1. The summed E-state index contributed by atoms with van der Waals surface area (Å²) in [6, 6.07) is 8.35. The minimum atomic E-state index is -3.35. The van der Waals surface area contributed by atoms with Gasteiger partial charge >= 0.3 is 0 Å². The van der Waals surface area contributed by atoms with Gasteiger partial charge in [0.1, 0.15) is 0 Å². The van der Waals surface area contributed by atoms with Crippen LogP contribution in [0.1, 0.15) is 6.92 Å². The van der Waals surface area contributed by atoms with Gasteiger partial charge in [0.2, 0.25) is 0 Å². The molecule has 14 heavy (non-hydrogen) atoms. The zero-order valence-corrected chi connectivity index (χ0v) is 9.03. The maximum Gasteiger partial charge on any atom is 0.263 e. The van der Waals surface area contributed by atoms with Crippen LogP contribution in [0.3, 0.4) is 0 Å². The molecule has 0 fully saturated rings. The molecular weight excluding hydrogens is 198 g/mol. The second-order valence-corrected chi connectivity index (χ2v) is 4.81. The lowest BCUT2D eigenvalue weighted by Gasteiger charge is -2.14. The van der Waals surface area contributed by atoms with Gasteiger partial charge in [-0.3, -0.25) is 4.31 Å². The molecular formula is C10H13NO2S. The summed E-state index contributed by atoms with van der Waals surface area (Å²) in [4.78, 5) is 0.306. The summed E-state index contributed by atoms with van der Waals surface area (Å²) in [5.74, 6) is 0. The first-order valence-electron chi connectivity index (χ1n) is 4.25. The average molecular weight is 211 g/mol. The van der Waals surface area contributed by atoms with Crippen molar-refractivity contribution in [2.75, 3.05) is 7.05 Å². The van der Waals surface area contributed by atoms with E-state index in [2.05, 4.69) is 0 Å². The van der Waals surface area contributed by atoms with Gasteiger partial charge in [0.05, 0.1) is 4.90 Å². The van der Waals surface area contributed by atoms with Crippen molar-refractivity contribution in [3.63, 3.8) is 0 Å². The van der Waals surface area contributed by atoms with Gasteiger partial charge in [-0.2, -0.15) is 0 Å². The minimum absolute atomic E-state index is 0.306. The van der Waals surface area contributed by atoms with E-state index in [-0.39, 0.29) is 0 Å². The maximum atomic E-state index is 11.8. The molecule has 0 aliphatic carbocycles. The Morgan fingerprint density at radius 3 is 2.29 bits per heavy atom. The molecule has 0 unspecified atom stereocenters. The Labute approximate surface area is 84.7 Å². The van der Waals surface area contributed by atoms with Crippen LogP contribution >= 0.6 is 0 Å². The smallest absolute Gasteiger partial charge is 0.263 e. The van der Waals surface area contributed by atoms with Crippen LogP contribution in [0.2, 0.25) is 0 Å². The molecule has 0 radical (unpaired) electrons. The Hall–Kier alpha value is -1.29. The predicted molar refractivity (Wildman–Crippen MR) is 56.2 cm³/mol. The highest BCUT2D eigenvalue weighted by molar-refractivity contribution is 7.89. The maximum absolute atomic E-state index is 11.8. The van der Waals surface area contributed by atoms with Crippen molar-refractivity contribution in [1.82, 2.24) is 4.31 Å². The summed E-state index contributed by atoms with van der Waals surface area (Å²) in [6.45, 7) is 1.77. The normalized spacial score (nSPS) is 11.9. The molecule has 1 aromatic carbocycles. The molecule has 0 N–H and O–H groups in total. The van der Waals surface area contributed by atoms with Crippen LogP contribution in [-0.4, -0.2) is 19.8 Å². The Kier molecular flexibility index (Phi) is 3.30. The van der Waals surface area contributed by atoms with Crippen LogP contribution in [-0.2, 0) is 10.0 Å². The van der Waals surface area contributed by atoms with Crippen LogP contribution in [0.15, 0.2) is 47.5 Å². The number of hydrogen-bond acceptors (Lipinski definition) is 2. The van der Waals surface area contributed by atoms with Crippen molar-refractivity contribution in [1.29, 1.82) is 0 Å². The largest absolute Gasteiger partial charge is 0.277 e. The van der Waals surface area contributed by atoms with Gasteiger partial charge in [0, 0.05) is 13.2 Å². The van der Waals surface area contributed by atoms with Gasteiger partial charge in [-0.15, -0.1) is 0 Å². The predicted octanol–water partition coefficient (Wildman–Crippen LogP) is 1.84. The van der Waals surface area contributed by atoms with Gasteiger partial charge in [-0.05, 0) is 19.1 Å². The molecule has 0 amide bonds. The lowest BCUT2D eigenvalue weighted by Crippen LogP contribution is -2.21. The summed E-state index contributed by atoms with van der Waals surface area (Å²) in [5.41, 5.74) is 0. The van der Waals surface area contributed by atoms with E-state index in [4.69, 9.17) is 0 Å². The van der Waals surface area contributed by atoms with E-state index in [0.717, 1.165) is 0 Å². The molecule has 3 nitrogen and oxygen atoms in total. The van der Waals surface area contributed by atoms with Crippen molar-refractivity contribution in [2.24, 2.45) is 0 Å². The number of sulfonamides is 1. The molecule has 0 saturated carbocycles. The Morgan fingerprint density at radius 1 is 1.21 bits per heavy atom. The molecule has 0 aliphatic rings. The SMILES string of the molecule is CC=CN(C)S(=O)(=O)c1ccccc1. The van der Waals surface area contributed by atoms with Crippen LogP contribution in [0.4, 0.5) is 0 Å². The fraction of sp³-hybridized carbons (Fsp3) is 0.200. The van der Waals surface area contributed by atoms with Gasteiger partial charge in [0.15, 0.2) is 0 Å². The topological polar surface area (TPSA) is 37.4 Å².